The van der Waals surface area contributed by atoms with Crippen molar-refractivity contribution in [1.29, 1.82) is 0 Å². The maximum atomic E-state index is 11.9. The lowest BCUT2D eigenvalue weighted by Crippen LogP contribution is -2.37. The van der Waals surface area contributed by atoms with Crippen molar-refractivity contribution in [2.24, 2.45) is 0 Å². The van der Waals surface area contributed by atoms with Gasteiger partial charge in [0.25, 0.3) is 0 Å². The summed E-state index contributed by atoms with van der Waals surface area (Å²) in [6.07, 6.45) is 0.671. The number of rotatable bonds is 3. The lowest BCUT2D eigenvalue weighted by atomic mass is 10.1. The number of hydrogen-bond acceptors (Lipinski definition) is 3. The third-order valence-corrected chi connectivity index (χ3v) is 3.12. The van der Waals surface area contributed by atoms with Crippen LogP contribution in [0.25, 0.3) is 0 Å². The molecule has 0 saturated carbocycles. The van der Waals surface area contributed by atoms with E-state index in [1.807, 2.05) is 0 Å². The van der Waals surface area contributed by atoms with Gasteiger partial charge in [-0.05, 0) is 18.6 Å². The van der Waals surface area contributed by atoms with E-state index in [1.165, 1.54) is 18.2 Å². The van der Waals surface area contributed by atoms with E-state index in [-0.39, 0.29) is 28.6 Å². The van der Waals surface area contributed by atoms with Crippen LogP contribution >= 0.6 is 11.6 Å². The summed E-state index contributed by atoms with van der Waals surface area (Å²) in [6, 6.07) is 3.66. The highest BCUT2D eigenvalue weighted by molar-refractivity contribution is 6.34. The Kier molecular flexibility index (Phi) is 3.71. The van der Waals surface area contributed by atoms with Crippen LogP contribution in [0.4, 0.5) is 5.69 Å². The largest absolute Gasteiger partial charge is 0.478 e. The Bertz CT molecular complexity index is 559. The molecule has 0 unspecified atom stereocenters. The number of aromatic carboxylic acids is 1. The van der Waals surface area contributed by atoms with Gasteiger partial charge in [-0.3, -0.25) is 9.59 Å². The maximum Gasteiger partial charge on any atom is 0.337 e. The van der Waals surface area contributed by atoms with Crippen LogP contribution in [0.15, 0.2) is 18.2 Å². The van der Waals surface area contributed by atoms with Crippen LogP contribution in [-0.2, 0) is 9.59 Å². The zero-order chi connectivity index (χ0) is 14.0. The van der Waals surface area contributed by atoms with Gasteiger partial charge in [0, 0.05) is 6.42 Å². The highest BCUT2D eigenvalue weighted by atomic mass is 35.5. The number of carbonyl (C=O) groups is 3. The van der Waals surface area contributed by atoms with Crippen LogP contribution in [0.3, 0.4) is 0 Å². The van der Waals surface area contributed by atoms with E-state index in [1.54, 1.807) is 0 Å². The Morgan fingerprint density at radius 1 is 1.42 bits per heavy atom. The molecular formula is C12H11ClN2O4. The Hall–Kier alpha value is -2.08. The SMILES string of the molecule is O=C1CC[C@@H](C(=O)Nc2c(Cl)cccc2C(=O)O)N1. The third kappa shape index (κ3) is 2.85. The molecule has 0 spiro atoms. The molecule has 100 valence electrons. The van der Waals surface area contributed by atoms with Gasteiger partial charge >= 0.3 is 5.97 Å². The average molecular weight is 283 g/mol. The molecule has 6 nitrogen and oxygen atoms in total. The topological polar surface area (TPSA) is 95.5 Å². The Morgan fingerprint density at radius 2 is 2.16 bits per heavy atom. The fraction of sp³-hybridized carbons (Fsp3) is 0.250. The van der Waals surface area contributed by atoms with Gasteiger partial charge in [0.05, 0.1) is 16.3 Å². The Morgan fingerprint density at radius 3 is 2.74 bits per heavy atom. The van der Waals surface area contributed by atoms with Crippen molar-refractivity contribution in [1.82, 2.24) is 5.32 Å². The fourth-order valence-corrected chi connectivity index (χ4v) is 2.07. The van der Waals surface area contributed by atoms with Crippen LogP contribution in [0.1, 0.15) is 23.2 Å². The summed E-state index contributed by atoms with van der Waals surface area (Å²) in [7, 11) is 0. The maximum absolute atomic E-state index is 11.9. The standard InChI is InChI=1S/C12H11ClN2O4/c13-7-3-1-2-6(12(18)19)10(7)15-11(17)8-4-5-9(16)14-8/h1-3,8H,4-5H2,(H,14,16)(H,15,17)(H,18,19)/t8-/m0/s1. The molecule has 1 aliphatic rings. The molecule has 0 radical (unpaired) electrons. The van der Waals surface area contributed by atoms with Crippen molar-refractivity contribution < 1.29 is 19.5 Å². The first-order valence-electron chi connectivity index (χ1n) is 5.61. The van der Waals surface area contributed by atoms with Crippen molar-refractivity contribution in [2.45, 2.75) is 18.9 Å². The number of carboxylic acids is 1. The van der Waals surface area contributed by atoms with E-state index in [0.717, 1.165) is 0 Å². The molecular weight excluding hydrogens is 272 g/mol. The minimum absolute atomic E-state index is 0.0443. The third-order valence-electron chi connectivity index (χ3n) is 2.80. The van der Waals surface area contributed by atoms with Gasteiger partial charge in [0.2, 0.25) is 11.8 Å². The molecule has 1 aromatic carbocycles. The summed E-state index contributed by atoms with van der Waals surface area (Å²) in [4.78, 5) is 34.0. The summed E-state index contributed by atoms with van der Waals surface area (Å²) >= 11 is 5.89. The minimum atomic E-state index is -1.19. The van der Waals surface area contributed by atoms with Crippen LogP contribution in [0.2, 0.25) is 5.02 Å². The lowest BCUT2D eigenvalue weighted by molar-refractivity contribution is -0.122. The molecule has 1 aromatic rings. The molecule has 1 saturated heterocycles. The number of benzene rings is 1. The van der Waals surface area contributed by atoms with Gasteiger partial charge in [0.15, 0.2) is 0 Å². The molecule has 2 amide bonds. The second-order valence-electron chi connectivity index (χ2n) is 4.12. The molecule has 1 aliphatic heterocycles. The molecule has 3 N–H and O–H groups in total. The number of anilines is 1. The van der Waals surface area contributed by atoms with Crippen molar-refractivity contribution in [3.63, 3.8) is 0 Å². The monoisotopic (exact) mass is 282 g/mol. The molecule has 2 rings (SSSR count). The summed E-state index contributed by atoms with van der Waals surface area (Å²) in [5, 5.41) is 14.1. The quantitative estimate of drug-likeness (QED) is 0.777. The van der Waals surface area contributed by atoms with E-state index in [9.17, 15) is 14.4 Å². The van der Waals surface area contributed by atoms with E-state index >= 15 is 0 Å². The zero-order valence-electron chi connectivity index (χ0n) is 9.77. The first-order valence-corrected chi connectivity index (χ1v) is 5.99. The lowest BCUT2D eigenvalue weighted by Gasteiger charge is -2.13. The number of halogens is 1. The number of carbonyl (C=O) groups excluding carboxylic acids is 2. The summed E-state index contributed by atoms with van der Waals surface area (Å²) in [5.41, 5.74) is -0.0482. The molecule has 19 heavy (non-hydrogen) atoms. The van der Waals surface area contributed by atoms with E-state index in [2.05, 4.69) is 10.6 Å². The normalized spacial score (nSPS) is 17.9. The summed E-state index contributed by atoms with van der Waals surface area (Å²) < 4.78 is 0. The minimum Gasteiger partial charge on any atom is -0.478 e. The molecule has 0 bridgehead atoms. The number of carboxylic acid groups (broad SMARTS) is 1. The Balaban J connectivity index is 2.21. The smallest absolute Gasteiger partial charge is 0.337 e. The van der Waals surface area contributed by atoms with Crippen LogP contribution in [-0.4, -0.2) is 28.9 Å². The van der Waals surface area contributed by atoms with E-state index in [4.69, 9.17) is 16.7 Å². The number of nitrogens with one attached hydrogen (secondary N) is 2. The first-order chi connectivity index (χ1) is 8.99. The molecule has 1 atom stereocenters. The number of hydrogen-bond donors (Lipinski definition) is 3. The highest BCUT2D eigenvalue weighted by Gasteiger charge is 2.28. The Labute approximate surface area is 113 Å². The van der Waals surface area contributed by atoms with Gasteiger partial charge < -0.3 is 15.7 Å². The van der Waals surface area contributed by atoms with Crippen LogP contribution in [0, 0.1) is 0 Å². The van der Waals surface area contributed by atoms with Gasteiger partial charge in [-0.15, -0.1) is 0 Å². The van der Waals surface area contributed by atoms with Gasteiger partial charge in [-0.25, -0.2) is 4.79 Å². The predicted molar refractivity (Wildman–Crippen MR) is 68.2 cm³/mol. The summed E-state index contributed by atoms with van der Waals surface area (Å²) in [6.45, 7) is 0. The van der Waals surface area contributed by atoms with Gasteiger partial charge in [0.1, 0.15) is 6.04 Å². The molecule has 1 fully saturated rings. The van der Waals surface area contributed by atoms with E-state index < -0.39 is 17.9 Å². The fourth-order valence-electron chi connectivity index (χ4n) is 1.85. The predicted octanol–water partition coefficient (Wildman–Crippen LogP) is 1.26. The molecule has 0 aliphatic carbocycles. The highest BCUT2D eigenvalue weighted by Crippen LogP contribution is 2.26. The molecule has 0 aromatic heterocycles. The second kappa shape index (κ2) is 5.27. The second-order valence-corrected chi connectivity index (χ2v) is 4.52. The number of amides is 2. The molecule has 1 heterocycles. The first kappa shape index (κ1) is 13.4. The summed E-state index contributed by atoms with van der Waals surface area (Å²) in [5.74, 6) is -1.85. The van der Waals surface area contributed by atoms with Crippen molar-refractivity contribution >= 4 is 35.1 Å². The number of para-hydroxylation sites is 1. The zero-order valence-corrected chi connectivity index (χ0v) is 10.5. The average Bonchev–Trinajstić information content (AvgIpc) is 2.78. The molecule has 7 heteroatoms. The van der Waals surface area contributed by atoms with E-state index in [0.29, 0.717) is 6.42 Å². The van der Waals surface area contributed by atoms with Gasteiger partial charge in [-0.2, -0.15) is 0 Å². The van der Waals surface area contributed by atoms with Gasteiger partial charge in [-0.1, -0.05) is 17.7 Å². The van der Waals surface area contributed by atoms with Crippen molar-refractivity contribution in [3.05, 3.63) is 28.8 Å². The van der Waals surface area contributed by atoms with Crippen molar-refractivity contribution in [3.8, 4) is 0 Å². The van der Waals surface area contributed by atoms with Crippen LogP contribution < -0.4 is 10.6 Å². The van der Waals surface area contributed by atoms with Crippen LogP contribution in [0.5, 0.6) is 0 Å². The van der Waals surface area contributed by atoms with Crippen molar-refractivity contribution in [2.75, 3.05) is 5.32 Å².